The van der Waals surface area contributed by atoms with Crippen molar-refractivity contribution in [3.05, 3.63) is 132 Å². The molecule has 1 N–H and O–H groups in total. The minimum absolute atomic E-state index is 0. The second-order valence-electron chi connectivity index (χ2n) is 17.7. The maximum atomic E-state index is 15.3. The summed E-state index contributed by atoms with van der Waals surface area (Å²) in [6.07, 6.45) is 3.88. The van der Waals surface area contributed by atoms with Crippen molar-refractivity contribution < 1.29 is 28.3 Å². The fourth-order valence-electron chi connectivity index (χ4n) is 10.2. The van der Waals surface area contributed by atoms with E-state index in [1.807, 2.05) is 28.5 Å². The van der Waals surface area contributed by atoms with Crippen molar-refractivity contribution in [3.8, 4) is 5.69 Å². The van der Waals surface area contributed by atoms with E-state index >= 15 is 4.79 Å². The highest BCUT2D eigenvalue weighted by atomic mass is 32.2. The summed E-state index contributed by atoms with van der Waals surface area (Å²) >= 11 is 0. The van der Waals surface area contributed by atoms with Crippen LogP contribution in [-0.4, -0.2) is 82.6 Å². The second kappa shape index (κ2) is 14.6. The van der Waals surface area contributed by atoms with Gasteiger partial charge in [0, 0.05) is 62.9 Å². The number of benzene rings is 3. The smallest absolute Gasteiger partial charge is 0.381 e. The molecule has 4 aliphatic rings. The lowest BCUT2D eigenvalue weighted by molar-refractivity contribution is 0.0658. The average Bonchev–Trinajstić information content (AvgIpc) is 3.50. The van der Waals surface area contributed by atoms with Crippen molar-refractivity contribution in [2.24, 2.45) is 5.92 Å². The Morgan fingerprint density at radius 3 is 2.34 bits per heavy atom. The molecule has 1 saturated carbocycles. The van der Waals surface area contributed by atoms with Crippen LogP contribution >= 0.6 is 0 Å². The number of anilines is 1. The standard InChI is InChI=1S/C46H48FN7O7S.H2/c1-25-17-34(18-26(2)39(25)47)53-41(55)36-11-14-52(28(4)40(36)48-44(53)51-23-33(24-51)30-7-6-8-35(20-30)62(5,58)59)42(56)38-21-32-19-31(29-12-15-60-16-13-29)9-10-37(32)54(38)46(22-27(46)3)43-49-45(57)61-50-43;/h6-10,17-21,27-29,33H,11-16,22-24H2,1-5H3,(H,49,50,57);1H/t27-,28-,46+;/m1./s1. The summed E-state index contributed by atoms with van der Waals surface area (Å²) in [6, 6.07) is 17.9. The normalized spacial score (nSPS) is 21.9. The van der Waals surface area contributed by atoms with E-state index in [2.05, 4.69) is 35.3 Å². The van der Waals surface area contributed by atoms with Crippen molar-refractivity contribution in [3.63, 3.8) is 0 Å². The molecule has 1 amide bonds. The number of rotatable bonds is 8. The van der Waals surface area contributed by atoms with Crippen LogP contribution in [0.3, 0.4) is 0 Å². The molecule has 6 heterocycles. The number of halogens is 1. The van der Waals surface area contributed by atoms with Gasteiger partial charge in [-0.15, -0.1) is 0 Å². The third kappa shape index (κ3) is 6.43. The molecule has 3 atom stereocenters. The quantitative estimate of drug-likeness (QED) is 0.183. The highest BCUT2D eigenvalue weighted by Gasteiger charge is 2.59. The number of ether oxygens (including phenoxy) is 1. The number of amides is 1. The van der Waals surface area contributed by atoms with Gasteiger partial charge in [-0.05, 0) is 123 Å². The van der Waals surface area contributed by atoms with Crippen LogP contribution in [0.4, 0.5) is 10.3 Å². The summed E-state index contributed by atoms with van der Waals surface area (Å²) in [6.45, 7) is 9.83. The van der Waals surface area contributed by atoms with E-state index in [-0.39, 0.29) is 48.4 Å². The van der Waals surface area contributed by atoms with E-state index in [4.69, 9.17) is 14.2 Å². The van der Waals surface area contributed by atoms with Gasteiger partial charge in [-0.2, -0.15) is 0 Å². The molecule has 3 aromatic carbocycles. The first-order valence-corrected chi connectivity index (χ1v) is 23.1. The van der Waals surface area contributed by atoms with Crippen LogP contribution in [0.2, 0.25) is 0 Å². The molecule has 324 valence electrons. The van der Waals surface area contributed by atoms with Gasteiger partial charge in [-0.1, -0.05) is 30.3 Å². The average molecular weight is 864 g/mol. The van der Waals surface area contributed by atoms with Gasteiger partial charge in [0.05, 0.1) is 22.3 Å². The number of aromatic amines is 1. The number of aryl methyl sites for hydroxylation is 2. The fourth-order valence-corrected chi connectivity index (χ4v) is 10.8. The van der Waals surface area contributed by atoms with E-state index in [9.17, 15) is 22.4 Å². The Morgan fingerprint density at radius 2 is 1.68 bits per heavy atom. The van der Waals surface area contributed by atoms with E-state index in [0.717, 1.165) is 29.3 Å². The molecular formula is C46H50FN7O7S. The summed E-state index contributed by atoms with van der Waals surface area (Å²) in [5.74, 6) is -0.203. The lowest BCUT2D eigenvalue weighted by Crippen LogP contribution is -2.50. The van der Waals surface area contributed by atoms with Crippen LogP contribution in [0.1, 0.15) is 102 Å². The number of carbonyl (C=O) groups excluding carboxylic acids is 1. The lowest BCUT2D eigenvalue weighted by atomic mass is 9.91. The highest BCUT2D eigenvalue weighted by Crippen LogP contribution is 2.56. The van der Waals surface area contributed by atoms with Crippen LogP contribution < -0.4 is 16.2 Å². The Kier molecular flexibility index (Phi) is 9.48. The number of aromatic nitrogens is 5. The van der Waals surface area contributed by atoms with E-state index in [0.29, 0.717) is 84.2 Å². The Bertz CT molecular complexity index is 3030. The number of hydrogen-bond donors (Lipinski definition) is 1. The highest BCUT2D eigenvalue weighted by molar-refractivity contribution is 7.90. The molecular weight excluding hydrogens is 814 g/mol. The number of fused-ring (bicyclic) bond motifs is 2. The molecule has 16 heteroatoms. The zero-order chi connectivity index (χ0) is 43.4. The second-order valence-corrected chi connectivity index (χ2v) is 19.7. The number of hydrogen-bond acceptors (Lipinski definition) is 10. The van der Waals surface area contributed by atoms with E-state index in [1.54, 1.807) is 53.6 Å². The van der Waals surface area contributed by atoms with Crippen LogP contribution in [0.5, 0.6) is 0 Å². The van der Waals surface area contributed by atoms with Crippen molar-refractivity contribution in [2.45, 2.75) is 81.7 Å². The number of H-pyrrole nitrogens is 1. The predicted molar refractivity (Wildman–Crippen MR) is 232 cm³/mol. The zero-order valence-corrected chi connectivity index (χ0v) is 36.1. The number of carbonyl (C=O) groups is 1. The Morgan fingerprint density at radius 1 is 0.968 bits per heavy atom. The van der Waals surface area contributed by atoms with Crippen molar-refractivity contribution in [2.75, 3.05) is 44.0 Å². The Balaban J connectivity index is 0.00000504. The molecule has 0 spiro atoms. The third-order valence-electron chi connectivity index (χ3n) is 13.8. The first kappa shape index (κ1) is 40.2. The topological polar surface area (TPSA) is 166 Å². The van der Waals surface area contributed by atoms with Crippen molar-refractivity contribution in [1.29, 1.82) is 0 Å². The van der Waals surface area contributed by atoms with Crippen LogP contribution in [0.25, 0.3) is 16.6 Å². The summed E-state index contributed by atoms with van der Waals surface area (Å²) < 4.78 is 54.0. The van der Waals surface area contributed by atoms with Crippen molar-refractivity contribution in [1.82, 2.24) is 29.2 Å². The number of nitrogens with one attached hydrogen (secondary N) is 1. The van der Waals surface area contributed by atoms with E-state index in [1.165, 1.54) is 11.8 Å². The molecule has 3 aromatic heterocycles. The predicted octanol–water partition coefficient (Wildman–Crippen LogP) is 6.31. The SMILES string of the molecule is Cc1cc(-n2c(N3CC(c4cccc(S(C)(=O)=O)c4)C3)nc3c(c2=O)CCN(C(=O)c2cc4cc(C5CCOCC5)ccc4n2[C@@]2(c4noc(=O)[nH]4)C[C@H]2C)[C@@H]3C)cc(C)c1F.[HH]. The summed E-state index contributed by atoms with van der Waals surface area (Å²) in [7, 11) is -3.42. The van der Waals surface area contributed by atoms with Crippen LogP contribution in [0.15, 0.2) is 79.7 Å². The summed E-state index contributed by atoms with van der Waals surface area (Å²) in [5.41, 5.74) is 4.46. The van der Waals surface area contributed by atoms with Gasteiger partial charge in [-0.25, -0.2) is 27.2 Å². The minimum atomic E-state index is -3.42. The molecule has 3 fully saturated rings. The Hall–Kier alpha value is -5.87. The largest absolute Gasteiger partial charge is 0.438 e. The number of nitrogens with zero attached hydrogens (tertiary/aromatic N) is 6. The van der Waals surface area contributed by atoms with Crippen molar-refractivity contribution >= 4 is 32.6 Å². The minimum Gasteiger partial charge on any atom is -0.381 e. The van der Waals surface area contributed by atoms with Crippen LogP contribution in [-0.2, 0) is 26.5 Å². The summed E-state index contributed by atoms with van der Waals surface area (Å²) in [4.78, 5) is 54.4. The third-order valence-corrected chi connectivity index (χ3v) is 14.9. The molecule has 0 radical (unpaired) electrons. The summed E-state index contributed by atoms with van der Waals surface area (Å²) in [5, 5.41) is 5.05. The monoisotopic (exact) mass is 863 g/mol. The molecule has 0 unspecified atom stereocenters. The maximum absolute atomic E-state index is 15.3. The molecule has 2 saturated heterocycles. The molecule has 14 nitrogen and oxygen atoms in total. The van der Waals surface area contributed by atoms with E-state index < -0.39 is 27.2 Å². The fraction of sp³-hybridized carbons (Fsp3) is 0.413. The van der Waals surface area contributed by atoms with Gasteiger partial charge in [0.25, 0.3) is 11.5 Å². The molecule has 1 aliphatic carbocycles. The van der Waals surface area contributed by atoms with Gasteiger partial charge in [-0.3, -0.25) is 19.1 Å². The maximum Gasteiger partial charge on any atom is 0.438 e. The Labute approximate surface area is 358 Å². The van der Waals surface area contributed by atoms with Gasteiger partial charge < -0.3 is 19.1 Å². The van der Waals surface area contributed by atoms with Gasteiger partial charge in [0.2, 0.25) is 5.95 Å². The molecule has 0 bridgehead atoms. The lowest BCUT2D eigenvalue weighted by Gasteiger charge is -2.42. The van der Waals surface area contributed by atoms with Gasteiger partial charge >= 0.3 is 5.76 Å². The first-order chi connectivity index (χ1) is 29.6. The van der Waals surface area contributed by atoms with Gasteiger partial charge in [0.15, 0.2) is 15.7 Å². The molecule has 3 aliphatic heterocycles. The molecule has 10 rings (SSSR count). The number of sulfone groups is 1. The first-order valence-electron chi connectivity index (χ1n) is 21.2. The van der Waals surface area contributed by atoms with Crippen LogP contribution in [0, 0.1) is 25.6 Å². The molecule has 6 aromatic rings. The van der Waals surface area contributed by atoms with Gasteiger partial charge in [0.1, 0.15) is 17.1 Å². The molecule has 62 heavy (non-hydrogen) atoms. The zero-order valence-electron chi connectivity index (χ0n) is 35.3.